The van der Waals surface area contributed by atoms with Crippen LogP contribution in [0.4, 0.5) is 0 Å². The Morgan fingerprint density at radius 2 is 1.80 bits per heavy atom. The number of aromatic nitrogens is 2. The molecule has 2 N–H and O–H groups in total. The lowest BCUT2D eigenvalue weighted by Crippen LogP contribution is -2.35. The van der Waals surface area contributed by atoms with Gasteiger partial charge in [-0.3, -0.25) is 9.59 Å². The number of methoxy groups -OCH3 is 1. The fourth-order valence-electron chi connectivity index (χ4n) is 3.36. The first-order valence-electron chi connectivity index (χ1n) is 9.70. The molecule has 0 aliphatic carbocycles. The van der Waals surface area contributed by atoms with Gasteiger partial charge < -0.3 is 19.9 Å². The van der Waals surface area contributed by atoms with E-state index >= 15 is 0 Å². The van der Waals surface area contributed by atoms with Crippen LogP contribution in [-0.4, -0.2) is 28.5 Å². The number of amides is 2. The van der Waals surface area contributed by atoms with Gasteiger partial charge in [0, 0.05) is 26.4 Å². The summed E-state index contributed by atoms with van der Waals surface area (Å²) in [5.41, 5.74) is 1.73. The van der Waals surface area contributed by atoms with E-state index < -0.39 is 12.1 Å². The number of rotatable bonds is 8. The number of carbonyl (C=O) groups is 2. The summed E-state index contributed by atoms with van der Waals surface area (Å²) >= 11 is 0. The Bertz CT molecular complexity index is 1000. The van der Waals surface area contributed by atoms with E-state index in [-0.39, 0.29) is 18.2 Å². The smallest absolute Gasteiger partial charge is 0.223 e. The van der Waals surface area contributed by atoms with Gasteiger partial charge in [-0.1, -0.05) is 42.5 Å². The van der Waals surface area contributed by atoms with Crippen LogP contribution in [0.2, 0.25) is 0 Å². The molecule has 0 saturated heterocycles. The van der Waals surface area contributed by atoms with Gasteiger partial charge in [-0.25, -0.2) is 4.98 Å². The van der Waals surface area contributed by atoms with Crippen LogP contribution in [0.5, 0.6) is 5.75 Å². The molecule has 2 atom stereocenters. The Labute approximate surface area is 176 Å². The SMILES string of the molecule is COc1cccc(C(NC(=O)CC(NC(C)=O)c2ccccc2)c2nccn2C)c1. The van der Waals surface area contributed by atoms with Crippen molar-refractivity contribution in [2.45, 2.75) is 25.4 Å². The summed E-state index contributed by atoms with van der Waals surface area (Å²) < 4.78 is 7.20. The molecule has 156 valence electrons. The predicted octanol–water partition coefficient (Wildman–Crippen LogP) is 2.90. The summed E-state index contributed by atoms with van der Waals surface area (Å²) in [6.45, 7) is 1.45. The van der Waals surface area contributed by atoms with Gasteiger partial charge in [0.05, 0.1) is 19.6 Å². The van der Waals surface area contributed by atoms with Gasteiger partial charge in [0.15, 0.2) is 0 Å². The minimum Gasteiger partial charge on any atom is -0.497 e. The van der Waals surface area contributed by atoms with Gasteiger partial charge >= 0.3 is 0 Å². The Morgan fingerprint density at radius 1 is 1.07 bits per heavy atom. The Balaban J connectivity index is 1.85. The summed E-state index contributed by atoms with van der Waals surface area (Å²) in [5, 5.41) is 5.94. The third kappa shape index (κ3) is 5.26. The Hall–Kier alpha value is -3.61. The minimum atomic E-state index is -0.457. The van der Waals surface area contributed by atoms with Crippen molar-refractivity contribution in [3.8, 4) is 5.75 Å². The summed E-state index contributed by atoms with van der Waals surface area (Å²) in [7, 11) is 3.48. The third-order valence-corrected chi connectivity index (χ3v) is 4.82. The molecule has 0 aliphatic rings. The molecule has 0 radical (unpaired) electrons. The summed E-state index contributed by atoms with van der Waals surface area (Å²) in [6, 6.07) is 16.1. The molecule has 0 spiro atoms. The van der Waals surface area contributed by atoms with Crippen molar-refractivity contribution in [1.82, 2.24) is 20.2 Å². The molecule has 2 unspecified atom stereocenters. The summed E-state index contributed by atoms with van der Waals surface area (Å²) in [6.07, 6.45) is 3.63. The zero-order valence-corrected chi connectivity index (χ0v) is 17.3. The first-order valence-corrected chi connectivity index (χ1v) is 9.70. The second-order valence-electron chi connectivity index (χ2n) is 7.04. The quantitative estimate of drug-likeness (QED) is 0.602. The summed E-state index contributed by atoms with van der Waals surface area (Å²) in [4.78, 5) is 29.1. The molecule has 0 saturated carbocycles. The predicted molar refractivity (Wildman–Crippen MR) is 114 cm³/mol. The molecule has 1 aromatic heterocycles. The number of hydrogen-bond acceptors (Lipinski definition) is 4. The van der Waals surface area contributed by atoms with Crippen molar-refractivity contribution in [3.05, 3.63) is 83.9 Å². The highest BCUT2D eigenvalue weighted by molar-refractivity contribution is 5.79. The van der Waals surface area contributed by atoms with E-state index in [4.69, 9.17) is 4.74 Å². The number of nitrogens with one attached hydrogen (secondary N) is 2. The van der Waals surface area contributed by atoms with Gasteiger partial charge in [-0.2, -0.15) is 0 Å². The molecule has 1 heterocycles. The van der Waals surface area contributed by atoms with Gasteiger partial charge in [0.2, 0.25) is 11.8 Å². The maximum absolute atomic E-state index is 13.0. The molecule has 0 fully saturated rings. The number of ether oxygens (including phenoxy) is 1. The largest absolute Gasteiger partial charge is 0.497 e. The first kappa shape index (κ1) is 21.1. The monoisotopic (exact) mass is 406 g/mol. The highest BCUT2D eigenvalue weighted by Crippen LogP contribution is 2.25. The summed E-state index contributed by atoms with van der Waals surface area (Å²) in [5.74, 6) is 1.01. The van der Waals surface area contributed by atoms with E-state index in [0.717, 1.165) is 11.1 Å². The zero-order valence-electron chi connectivity index (χ0n) is 17.3. The average Bonchev–Trinajstić information content (AvgIpc) is 3.17. The van der Waals surface area contributed by atoms with Crippen LogP contribution < -0.4 is 15.4 Å². The fraction of sp³-hybridized carbons (Fsp3) is 0.261. The van der Waals surface area contributed by atoms with E-state index in [1.54, 1.807) is 13.3 Å². The normalized spacial score (nSPS) is 12.6. The van der Waals surface area contributed by atoms with Crippen LogP contribution in [0.1, 0.15) is 42.4 Å². The van der Waals surface area contributed by atoms with Crippen molar-refractivity contribution in [1.29, 1.82) is 0 Å². The molecule has 0 aliphatic heterocycles. The maximum Gasteiger partial charge on any atom is 0.223 e. The molecule has 0 bridgehead atoms. The van der Waals surface area contributed by atoms with Crippen LogP contribution in [0.3, 0.4) is 0 Å². The lowest BCUT2D eigenvalue weighted by atomic mass is 10.0. The standard InChI is InChI=1S/C23H26N4O3/c1-16(28)25-20(17-8-5-4-6-9-17)15-21(29)26-22(23-24-12-13-27(23)2)18-10-7-11-19(14-18)30-3/h4-14,20,22H,15H2,1-3H3,(H,25,28)(H,26,29). The second kappa shape index (κ2) is 9.73. The number of nitrogens with zero attached hydrogens (tertiary/aromatic N) is 2. The highest BCUT2D eigenvalue weighted by Gasteiger charge is 2.24. The van der Waals surface area contributed by atoms with E-state index in [1.807, 2.05) is 72.4 Å². The van der Waals surface area contributed by atoms with E-state index in [9.17, 15) is 9.59 Å². The average molecular weight is 406 g/mol. The molecule has 2 amide bonds. The minimum absolute atomic E-state index is 0.106. The number of hydrogen-bond donors (Lipinski definition) is 2. The molecule has 7 heteroatoms. The fourth-order valence-corrected chi connectivity index (χ4v) is 3.36. The van der Waals surface area contributed by atoms with Crippen molar-refractivity contribution < 1.29 is 14.3 Å². The molecular formula is C23H26N4O3. The second-order valence-corrected chi connectivity index (χ2v) is 7.04. The van der Waals surface area contributed by atoms with Crippen molar-refractivity contribution >= 4 is 11.8 Å². The van der Waals surface area contributed by atoms with E-state index in [0.29, 0.717) is 11.6 Å². The molecular weight excluding hydrogens is 380 g/mol. The van der Waals surface area contributed by atoms with Crippen molar-refractivity contribution in [2.24, 2.45) is 7.05 Å². The van der Waals surface area contributed by atoms with Gasteiger partial charge in [0.1, 0.15) is 17.6 Å². The van der Waals surface area contributed by atoms with Crippen molar-refractivity contribution in [3.63, 3.8) is 0 Å². The van der Waals surface area contributed by atoms with E-state index in [1.165, 1.54) is 6.92 Å². The molecule has 7 nitrogen and oxygen atoms in total. The highest BCUT2D eigenvalue weighted by atomic mass is 16.5. The molecule has 3 aromatic rings. The van der Waals surface area contributed by atoms with Crippen LogP contribution >= 0.6 is 0 Å². The van der Waals surface area contributed by atoms with Crippen LogP contribution in [0, 0.1) is 0 Å². The van der Waals surface area contributed by atoms with Crippen LogP contribution in [0.15, 0.2) is 67.0 Å². The third-order valence-electron chi connectivity index (χ3n) is 4.82. The van der Waals surface area contributed by atoms with Crippen LogP contribution in [0.25, 0.3) is 0 Å². The maximum atomic E-state index is 13.0. The van der Waals surface area contributed by atoms with Gasteiger partial charge in [0.25, 0.3) is 0 Å². The Kier molecular flexibility index (Phi) is 6.85. The topological polar surface area (TPSA) is 85.2 Å². The molecule has 3 rings (SSSR count). The molecule has 30 heavy (non-hydrogen) atoms. The zero-order chi connectivity index (χ0) is 21.5. The lowest BCUT2D eigenvalue weighted by Gasteiger charge is -2.22. The molecule has 2 aromatic carbocycles. The number of carbonyl (C=O) groups excluding carboxylic acids is 2. The number of aryl methyl sites for hydroxylation is 1. The lowest BCUT2D eigenvalue weighted by molar-refractivity contribution is -0.123. The van der Waals surface area contributed by atoms with Gasteiger partial charge in [-0.15, -0.1) is 0 Å². The van der Waals surface area contributed by atoms with Crippen molar-refractivity contribution in [2.75, 3.05) is 7.11 Å². The van der Waals surface area contributed by atoms with Crippen LogP contribution in [-0.2, 0) is 16.6 Å². The van der Waals surface area contributed by atoms with Gasteiger partial charge in [-0.05, 0) is 23.3 Å². The van der Waals surface area contributed by atoms with E-state index in [2.05, 4.69) is 15.6 Å². The number of imidazole rings is 1. The first-order chi connectivity index (χ1) is 14.5. The number of benzene rings is 2. The Morgan fingerprint density at radius 3 is 2.43 bits per heavy atom.